The lowest BCUT2D eigenvalue weighted by molar-refractivity contribution is 0.609. The number of allylic oxidation sites excluding steroid dienone is 7. The summed E-state index contributed by atoms with van der Waals surface area (Å²) in [5.74, 6) is 0.427. The first-order valence-corrected chi connectivity index (χ1v) is 19.0. The molecule has 0 bridgehead atoms. The van der Waals surface area contributed by atoms with Gasteiger partial charge in [-0.25, -0.2) is 0 Å². The van der Waals surface area contributed by atoms with Crippen molar-refractivity contribution in [2.45, 2.75) is 44.4 Å². The van der Waals surface area contributed by atoms with E-state index in [1.165, 1.54) is 77.8 Å². The Kier molecular flexibility index (Phi) is 7.47. The predicted octanol–water partition coefficient (Wildman–Crippen LogP) is 13.6. The van der Waals surface area contributed by atoms with Gasteiger partial charge in [-0.1, -0.05) is 135 Å². The molecule has 10 rings (SSSR count). The molecule has 0 spiro atoms. The Hall–Kier alpha value is -6.12. The molecule has 53 heavy (non-hydrogen) atoms. The van der Waals surface area contributed by atoms with E-state index in [0.29, 0.717) is 5.92 Å². The van der Waals surface area contributed by atoms with Crippen molar-refractivity contribution in [3.63, 3.8) is 0 Å². The van der Waals surface area contributed by atoms with E-state index in [4.69, 9.17) is 0 Å². The van der Waals surface area contributed by atoms with Crippen LogP contribution >= 0.6 is 0 Å². The van der Waals surface area contributed by atoms with Gasteiger partial charge in [0.05, 0.1) is 11.0 Å². The summed E-state index contributed by atoms with van der Waals surface area (Å²) < 4.78 is 2.38. The molecular weight excluding hydrogens is 641 g/mol. The van der Waals surface area contributed by atoms with Crippen LogP contribution in [0.3, 0.4) is 0 Å². The molecule has 7 aromatic rings. The van der Waals surface area contributed by atoms with Crippen molar-refractivity contribution in [2.75, 3.05) is 4.90 Å². The van der Waals surface area contributed by atoms with E-state index in [9.17, 15) is 0 Å². The molecule has 0 saturated carbocycles. The lowest BCUT2D eigenvalue weighted by Crippen LogP contribution is -2.22. The summed E-state index contributed by atoms with van der Waals surface area (Å²) in [6.07, 6.45) is 14.9. The molecule has 0 amide bonds. The Labute approximate surface area is 312 Å². The molecule has 3 aliphatic carbocycles. The summed E-state index contributed by atoms with van der Waals surface area (Å²) in [4.78, 5) is 2.48. The number of hydrogen-bond acceptors (Lipinski definition) is 1. The highest BCUT2D eigenvalue weighted by Gasteiger charge is 2.42. The van der Waals surface area contributed by atoms with Crippen LogP contribution in [-0.4, -0.2) is 4.57 Å². The molecule has 1 aromatic heterocycles. The molecule has 1 atom stereocenters. The highest BCUT2D eigenvalue weighted by molar-refractivity contribution is 6.10. The van der Waals surface area contributed by atoms with Crippen molar-refractivity contribution in [2.24, 2.45) is 0 Å². The van der Waals surface area contributed by atoms with E-state index in [1.807, 2.05) is 0 Å². The first-order valence-electron chi connectivity index (χ1n) is 19.0. The Morgan fingerprint density at radius 2 is 1.40 bits per heavy atom. The van der Waals surface area contributed by atoms with Gasteiger partial charge in [-0.15, -0.1) is 0 Å². The third kappa shape index (κ3) is 5.24. The largest absolute Gasteiger partial charge is 0.311 e. The number of nitrogens with zero attached hydrogens (tertiary/aromatic N) is 2. The maximum absolute atomic E-state index is 2.49. The summed E-state index contributed by atoms with van der Waals surface area (Å²) in [7, 11) is 0. The third-order valence-electron chi connectivity index (χ3n) is 11.9. The number of para-hydroxylation sites is 2. The fraction of sp³-hybridized carbons (Fsp3) is 0.137. The zero-order valence-corrected chi connectivity index (χ0v) is 30.3. The van der Waals surface area contributed by atoms with E-state index in [2.05, 4.69) is 199 Å². The van der Waals surface area contributed by atoms with Gasteiger partial charge in [0, 0.05) is 44.9 Å². The van der Waals surface area contributed by atoms with Gasteiger partial charge in [-0.2, -0.15) is 0 Å². The number of hydrogen-bond donors (Lipinski definition) is 0. The molecule has 0 radical (unpaired) electrons. The molecule has 1 heterocycles. The monoisotopic (exact) mass is 682 g/mol. The van der Waals surface area contributed by atoms with Crippen molar-refractivity contribution < 1.29 is 0 Å². The fourth-order valence-electron chi connectivity index (χ4n) is 9.22. The maximum Gasteiger partial charge on any atom is 0.0541 e. The second-order valence-corrected chi connectivity index (χ2v) is 15.2. The van der Waals surface area contributed by atoms with Gasteiger partial charge in [0.15, 0.2) is 0 Å². The summed E-state index contributed by atoms with van der Waals surface area (Å²) >= 11 is 0. The zero-order valence-electron chi connectivity index (χ0n) is 30.3. The predicted molar refractivity (Wildman–Crippen MR) is 224 cm³/mol. The van der Waals surface area contributed by atoms with Gasteiger partial charge >= 0.3 is 0 Å². The first kappa shape index (κ1) is 31.6. The van der Waals surface area contributed by atoms with Crippen LogP contribution in [0.25, 0.3) is 44.2 Å². The minimum atomic E-state index is -0.0204. The van der Waals surface area contributed by atoms with Crippen LogP contribution < -0.4 is 4.90 Å². The standard InChI is InChI=1S/C51H42N2/c1-51(2)47-22-11-9-20-43(47)44-30-29-42(34-48(44)51)52(40-27-24-36(25-28-40)35-14-5-3-6-15-35)41-19-13-16-37(32-41)38-26-31-50-46(33-38)45-21-10-12-23-49(45)53(50)39-17-7-4-8-18-39/h3-5,7-14,16-29,31-34,44H,6,15,30H2,1-2H3. The van der Waals surface area contributed by atoms with Gasteiger partial charge in [0.25, 0.3) is 0 Å². The fourth-order valence-corrected chi connectivity index (χ4v) is 9.22. The number of benzene rings is 6. The quantitative estimate of drug-likeness (QED) is 0.169. The molecule has 0 saturated heterocycles. The van der Waals surface area contributed by atoms with Crippen molar-refractivity contribution in [1.82, 2.24) is 4.57 Å². The Balaban J connectivity index is 1.09. The molecule has 2 heteroatoms. The van der Waals surface area contributed by atoms with Gasteiger partial charge in [-0.3, -0.25) is 0 Å². The van der Waals surface area contributed by atoms with Crippen molar-refractivity contribution in [3.8, 4) is 16.8 Å². The molecule has 256 valence electrons. The average molecular weight is 683 g/mol. The summed E-state index contributed by atoms with van der Waals surface area (Å²) in [5, 5.41) is 2.53. The van der Waals surface area contributed by atoms with E-state index in [-0.39, 0.29) is 5.41 Å². The molecule has 1 unspecified atom stereocenters. The maximum atomic E-state index is 2.49. The SMILES string of the molecule is CC1(C)C2=CC(N(c3ccc(C4=CC=CCC4)cc3)c3cccc(-c4ccc5c(c4)c4ccccc4n5-c4ccccc4)c3)=CCC2c2ccccc21. The second kappa shape index (κ2) is 12.5. The number of rotatable bonds is 6. The minimum absolute atomic E-state index is 0.0204. The lowest BCUT2D eigenvalue weighted by Gasteiger charge is -2.33. The van der Waals surface area contributed by atoms with Crippen LogP contribution in [-0.2, 0) is 5.41 Å². The molecule has 2 nitrogen and oxygen atoms in total. The van der Waals surface area contributed by atoms with Crippen LogP contribution in [0.1, 0.15) is 55.7 Å². The van der Waals surface area contributed by atoms with Crippen LogP contribution in [0.5, 0.6) is 0 Å². The summed E-state index contributed by atoms with van der Waals surface area (Å²) in [6, 6.07) is 53.8. The smallest absolute Gasteiger partial charge is 0.0541 e. The van der Waals surface area contributed by atoms with E-state index < -0.39 is 0 Å². The van der Waals surface area contributed by atoms with Crippen LogP contribution in [0, 0.1) is 0 Å². The normalized spacial score (nSPS) is 17.2. The highest BCUT2D eigenvalue weighted by Crippen LogP contribution is 2.54. The highest BCUT2D eigenvalue weighted by atomic mass is 15.1. The molecule has 0 fully saturated rings. The number of aromatic nitrogens is 1. The molecule has 3 aliphatic rings. The zero-order chi connectivity index (χ0) is 35.5. The van der Waals surface area contributed by atoms with E-state index in [0.717, 1.165) is 24.9 Å². The average Bonchev–Trinajstić information content (AvgIpc) is 3.67. The molecule has 0 N–H and O–H groups in total. The van der Waals surface area contributed by atoms with Crippen molar-refractivity contribution >= 4 is 38.8 Å². The summed E-state index contributed by atoms with van der Waals surface area (Å²) in [5.41, 5.74) is 16.8. The Bertz CT molecular complexity index is 2660. The van der Waals surface area contributed by atoms with Gasteiger partial charge in [0.1, 0.15) is 0 Å². The Morgan fingerprint density at radius 1 is 0.642 bits per heavy atom. The van der Waals surface area contributed by atoms with Crippen molar-refractivity contribution in [3.05, 3.63) is 204 Å². The van der Waals surface area contributed by atoms with Crippen LogP contribution in [0.15, 0.2) is 187 Å². The van der Waals surface area contributed by atoms with Crippen LogP contribution in [0.2, 0.25) is 0 Å². The first-order chi connectivity index (χ1) is 26.0. The third-order valence-corrected chi connectivity index (χ3v) is 11.9. The van der Waals surface area contributed by atoms with Crippen molar-refractivity contribution in [1.29, 1.82) is 0 Å². The molecule has 6 aromatic carbocycles. The minimum Gasteiger partial charge on any atom is -0.311 e. The van der Waals surface area contributed by atoms with Gasteiger partial charge in [0.2, 0.25) is 0 Å². The van der Waals surface area contributed by atoms with E-state index >= 15 is 0 Å². The summed E-state index contributed by atoms with van der Waals surface area (Å²) in [6.45, 7) is 4.80. The lowest BCUT2D eigenvalue weighted by atomic mass is 9.78. The van der Waals surface area contributed by atoms with Gasteiger partial charge < -0.3 is 9.47 Å². The van der Waals surface area contributed by atoms with Crippen LogP contribution in [0.4, 0.5) is 11.4 Å². The number of anilines is 2. The van der Waals surface area contributed by atoms with Gasteiger partial charge in [-0.05, 0) is 113 Å². The van der Waals surface area contributed by atoms with E-state index in [1.54, 1.807) is 0 Å². The Morgan fingerprint density at radius 3 is 2.25 bits per heavy atom. The topological polar surface area (TPSA) is 8.17 Å². The molecular formula is C51H42N2. The second-order valence-electron chi connectivity index (χ2n) is 15.2. The molecule has 0 aliphatic heterocycles. The number of fused-ring (bicyclic) bond motifs is 6.